The lowest BCUT2D eigenvalue weighted by atomic mass is 9.89. The van der Waals surface area contributed by atoms with Crippen molar-refractivity contribution < 1.29 is 22.8 Å². The number of benzene rings is 2. The number of hydrogen-bond acceptors (Lipinski definition) is 4. The highest BCUT2D eigenvalue weighted by Crippen LogP contribution is 2.32. The molecule has 2 aromatic carbocycles. The Labute approximate surface area is 223 Å². The van der Waals surface area contributed by atoms with Gasteiger partial charge in [-0.25, -0.2) is 4.98 Å². The topological polar surface area (TPSA) is 80.1 Å². The van der Waals surface area contributed by atoms with Gasteiger partial charge in [0.15, 0.2) is 0 Å². The van der Waals surface area contributed by atoms with Crippen LogP contribution >= 0.6 is 0 Å². The van der Waals surface area contributed by atoms with Crippen LogP contribution in [0.4, 0.5) is 18.9 Å². The highest BCUT2D eigenvalue weighted by Gasteiger charge is 2.33. The van der Waals surface area contributed by atoms with E-state index in [1.807, 2.05) is 29.2 Å². The van der Waals surface area contributed by atoms with Gasteiger partial charge in [-0.1, -0.05) is 30.3 Å². The van der Waals surface area contributed by atoms with Gasteiger partial charge in [-0.15, -0.1) is 0 Å². The molecule has 1 N–H and O–H groups in total. The number of likely N-dealkylation sites (tertiary alicyclic amines) is 1. The Morgan fingerprint density at radius 3 is 2.31 bits per heavy atom. The number of aromatic nitrogens is 3. The molecular formula is C29H26F3N5O2. The molecule has 0 saturated carbocycles. The maximum Gasteiger partial charge on any atom is 0.416 e. The quantitative estimate of drug-likeness (QED) is 0.356. The number of imidazole rings is 1. The van der Waals surface area contributed by atoms with Crippen LogP contribution < -0.4 is 5.32 Å². The first-order valence-corrected chi connectivity index (χ1v) is 12.6. The van der Waals surface area contributed by atoms with Crippen LogP contribution in [0.15, 0.2) is 85.6 Å². The van der Waals surface area contributed by atoms with Crippen molar-refractivity contribution in [1.29, 1.82) is 0 Å². The van der Waals surface area contributed by atoms with Crippen LogP contribution in [0, 0.1) is 0 Å². The van der Waals surface area contributed by atoms with E-state index in [4.69, 9.17) is 0 Å². The minimum atomic E-state index is -4.51. The summed E-state index contributed by atoms with van der Waals surface area (Å²) >= 11 is 0. The van der Waals surface area contributed by atoms with E-state index in [9.17, 15) is 22.8 Å². The third-order valence-corrected chi connectivity index (χ3v) is 6.92. The van der Waals surface area contributed by atoms with Crippen LogP contribution in [-0.2, 0) is 17.4 Å². The zero-order chi connectivity index (χ0) is 27.4. The molecule has 0 spiro atoms. The van der Waals surface area contributed by atoms with E-state index in [0.717, 1.165) is 30.2 Å². The molecule has 10 heteroatoms. The molecule has 200 valence electrons. The van der Waals surface area contributed by atoms with Crippen molar-refractivity contribution in [3.8, 4) is 5.69 Å². The molecule has 1 aliphatic rings. The number of rotatable bonds is 6. The van der Waals surface area contributed by atoms with Gasteiger partial charge in [0.25, 0.3) is 5.91 Å². The summed E-state index contributed by atoms with van der Waals surface area (Å²) in [6.45, 7) is 1.20. The summed E-state index contributed by atoms with van der Waals surface area (Å²) in [5.41, 5.74) is 2.05. The largest absolute Gasteiger partial charge is 0.416 e. The molecule has 1 fully saturated rings. The summed E-state index contributed by atoms with van der Waals surface area (Å²) in [5.74, 6) is -0.340. The molecule has 39 heavy (non-hydrogen) atoms. The van der Waals surface area contributed by atoms with Gasteiger partial charge in [0.2, 0.25) is 5.91 Å². The van der Waals surface area contributed by atoms with Gasteiger partial charge in [-0.2, -0.15) is 13.2 Å². The number of amides is 2. The van der Waals surface area contributed by atoms with Gasteiger partial charge < -0.3 is 10.2 Å². The first-order valence-electron chi connectivity index (χ1n) is 12.6. The minimum absolute atomic E-state index is 0.0655. The van der Waals surface area contributed by atoms with E-state index < -0.39 is 17.6 Å². The fourth-order valence-electron chi connectivity index (χ4n) is 4.91. The minimum Gasteiger partial charge on any atom is -0.337 e. The number of pyridine rings is 1. The number of alkyl halides is 3. The van der Waals surface area contributed by atoms with Crippen molar-refractivity contribution in [3.63, 3.8) is 0 Å². The number of halogens is 3. The highest BCUT2D eigenvalue weighted by atomic mass is 19.4. The number of carbonyl (C=O) groups is 2. The lowest BCUT2D eigenvalue weighted by Gasteiger charge is -2.32. The number of piperidine rings is 1. The molecule has 1 saturated heterocycles. The SMILES string of the molecule is O=C(Cc1ccccc1C(F)(F)F)Nc1ccc(C2CCN(C(=O)c3cncn3-c3ccncc3)CC2)cc1. The van der Waals surface area contributed by atoms with Gasteiger partial charge in [-0.05, 0) is 60.2 Å². The van der Waals surface area contributed by atoms with Crippen molar-refractivity contribution in [2.24, 2.45) is 0 Å². The first-order chi connectivity index (χ1) is 18.8. The maximum absolute atomic E-state index is 13.2. The van der Waals surface area contributed by atoms with Crippen molar-refractivity contribution in [3.05, 3.63) is 108 Å². The summed E-state index contributed by atoms with van der Waals surface area (Å²) in [5, 5.41) is 2.68. The van der Waals surface area contributed by atoms with E-state index in [-0.39, 0.29) is 23.8 Å². The summed E-state index contributed by atoms with van der Waals surface area (Å²) in [6.07, 6.45) is 3.21. The van der Waals surface area contributed by atoms with E-state index >= 15 is 0 Å². The van der Waals surface area contributed by atoms with Crippen molar-refractivity contribution >= 4 is 17.5 Å². The Balaban J connectivity index is 1.16. The Morgan fingerprint density at radius 1 is 0.923 bits per heavy atom. The van der Waals surface area contributed by atoms with Gasteiger partial charge in [0, 0.05) is 31.2 Å². The monoisotopic (exact) mass is 533 g/mol. The number of anilines is 1. The first kappa shape index (κ1) is 26.1. The van der Waals surface area contributed by atoms with Crippen molar-refractivity contribution in [2.45, 2.75) is 31.4 Å². The average molecular weight is 534 g/mol. The third kappa shape index (κ3) is 6.00. The van der Waals surface area contributed by atoms with Crippen molar-refractivity contribution in [2.75, 3.05) is 18.4 Å². The fraction of sp³-hybridized carbons (Fsp3) is 0.241. The molecule has 2 amide bonds. The van der Waals surface area contributed by atoms with Crippen LogP contribution in [0.2, 0.25) is 0 Å². The van der Waals surface area contributed by atoms with Crippen LogP contribution in [0.1, 0.15) is 45.9 Å². The Kier molecular flexibility index (Phi) is 7.44. The molecule has 2 aromatic heterocycles. The third-order valence-electron chi connectivity index (χ3n) is 6.92. The average Bonchev–Trinajstić information content (AvgIpc) is 3.43. The molecule has 0 unspecified atom stereocenters. The lowest BCUT2D eigenvalue weighted by molar-refractivity contribution is -0.138. The molecule has 0 atom stereocenters. The van der Waals surface area contributed by atoms with Gasteiger partial charge in [0.1, 0.15) is 5.69 Å². The Morgan fingerprint density at radius 2 is 1.62 bits per heavy atom. The normalized spacial score (nSPS) is 14.3. The molecule has 5 rings (SSSR count). The molecule has 4 aromatic rings. The second kappa shape index (κ2) is 11.1. The van der Waals surface area contributed by atoms with Gasteiger partial charge in [-0.3, -0.25) is 19.1 Å². The smallest absolute Gasteiger partial charge is 0.337 e. The van der Waals surface area contributed by atoms with E-state index in [1.54, 1.807) is 41.6 Å². The highest BCUT2D eigenvalue weighted by molar-refractivity contribution is 5.93. The van der Waals surface area contributed by atoms with E-state index in [0.29, 0.717) is 24.5 Å². The summed E-state index contributed by atoms with van der Waals surface area (Å²) < 4.78 is 41.4. The molecular weight excluding hydrogens is 507 g/mol. The zero-order valence-corrected chi connectivity index (χ0v) is 20.9. The van der Waals surface area contributed by atoms with Crippen LogP contribution in [-0.4, -0.2) is 44.3 Å². The number of carbonyl (C=O) groups excluding carboxylic acids is 2. The van der Waals surface area contributed by atoms with Crippen LogP contribution in [0.25, 0.3) is 5.69 Å². The Bertz CT molecular complexity index is 1440. The van der Waals surface area contributed by atoms with Gasteiger partial charge in [0.05, 0.1) is 30.2 Å². The number of nitrogens with zero attached hydrogens (tertiary/aromatic N) is 4. The molecule has 0 radical (unpaired) electrons. The summed E-state index contributed by atoms with van der Waals surface area (Å²) in [4.78, 5) is 35.6. The second-order valence-corrected chi connectivity index (χ2v) is 9.42. The predicted octanol–water partition coefficient (Wildman–Crippen LogP) is 5.49. The summed E-state index contributed by atoms with van der Waals surface area (Å²) in [6, 6.07) is 16.1. The van der Waals surface area contributed by atoms with E-state index in [1.165, 1.54) is 18.2 Å². The maximum atomic E-state index is 13.2. The van der Waals surface area contributed by atoms with Crippen LogP contribution in [0.3, 0.4) is 0 Å². The van der Waals surface area contributed by atoms with E-state index in [2.05, 4.69) is 15.3 Å². The fourth-order valence-corrected chi connectivity index (χ4v) is 4.91. The standard InChI is InChI=1S/C29H26F3N5O2/c30-29(31,32)25-4-2-1-3-22(25)17-27(38)35-23-7-5-20(6-8-23)21-11-15-36(16-12-21)28(39)26-18-34-19-37(26)24-9-13-33-14-10-24/h1-10,13-14,18-19,21H,11-12,15-17H2,(H,35,38). The van der Waals surface area contributed by atoms with Crippen molar-refractivity contribution in [1.82, 2.24) is 19.4 Å². The Hall–Kier alpha value is -4.47. The van der Waals surface area contributed by atoms with Gasteiger partial charge >= 0.3 is 6.18 Å². The number of hydrogen-bond donors (Lipinski definition) is 1. The zero-order valence-electron chi connectivity index (χ0n) is 20.9. The number of nitrogens with one attached hydrogen (secondary N) is 1. The second-order valence-electron chi connectivity index (χ2n) is 9.42. The molecule has 7 nitrogen and oxygen atoms in total. The molecule has 1 aliphatic heterocycles. The molecule has 3 heterocycles. The summed E-state index contributed by atoms with van der Waals surface area (Å²) in [7, 11) is 0. The molecule has 0 bridgehead atoms. The lowest BCUT2D eigenvalue weighted by Crippen LogP contribution is -2.38. The molecule has 0 aliphatic carbocycles. The van der Waals surface area contributed by atoms with Crippen LogP contribution in [0.5, 0.6) is 0 Å². The predicted molar refractivity (Wildman–Crippen MR) is 139 cm³/mol.